The molecule has 2 heterocycles. The van der Waals surface area contributed by atoms with Crippen molar-refractivity contribution in [1.82, 2.24) is 9.29 Å². The molecule has 1 aromatic carbocycles. The molecule has 0 unspecified atom stereocenters. The van der Waals surface area contributed by atoms with E-state index in [4.69, 9.17) is 0 Å². The summed E-state index contributed by atoms with van der Waals surface area (Å²) < 4.78 is 28.1. The summed E-state index contributed by atoms with van der Waals surface area (Å²) in [7, 11) is -3.52. The molecule has 0 radical (unpaired) electrons. The van der Waals surface area contributed by atoms with Crippen molar-refractivity contribution in [1.29, 1.82) is 0 Å². The molecule has 164 valence electrons. The third-order valence-electron chi connectivity index (χ3n) is 7.52. The number of aryl methyl sites for hydroxylation is 1. The van der Waals surface area contributed by atoms with Crippen LogP contribution in [0, 0.1) is 17.8 Å². The van der Waals surface area contributed by atoms with Crippen LogP contribution in [0.5, 0.6) is 0 Å². The average Bonchev–Trinajstić information content (AvgIpc) is 3.30. The van der Waals surface area contributed by atoms with E-state index in [1.165, 1.54) is 0 Å². The Morgan fingerprint density at radius 3 is 2.40 bits per heavy atom. The smallest absolute Gasteiger partial charge is 0.243 e. The first-order valence-corrected chi connectivity index (χ1v) is 12.2. The van der Waals surface area contributed by atoms with Gasteiger partial charge in [0.2, 0.25) is 10.0 Å². The standard InChI is InChI=1S/C24H32N2O3S.H2/c1-16-18(21-19(25-16)15-23(2,3)24(4,5)22(21)27)14-17-10-6-7-11-20(17)30(28,29)26-12-8-9-13-26;/h6-7,10-11,25H,8-9,12-15H2,1-5H3;1H. The first-order chi connectivity index (χ1) is 14.0. The van der Waals surface area contributed by atoms with Gasteiger partial charge in [-0.2, -0.15) is 4.31 Å². The van der Waals surface area contributed by atoms with E-state index in [2.05, 4.69) is 18.8 Å². The van der Waals surface area contributed by atoms with Crippen molar-refractivity contribution >= 4 is 15.8 Å². The fraction of sp³-hybridized carbons (Fsp3) is 0.542. The minimum atomic E-state index is -3.52. The number of nitrogens with one attached hydrogen (secondary N) is 1. The number of aromatic nitrogens is 1. The van der Waals surface area contributed by atoms with Gasteiger partial charge in [0.1, 0.15) is 0 Å². The van der Waals surface area contributed by atoms with Crippen LogP contribution in [0.3, 0.4) is 0 Å². The normalized spacial score (nSPS) is 21.0. The number of rotatable bonds is 4. The van der Waals surface area contributed by atoms with Crippen LogP contribution in [0.4, 0.5) is 0 Å². The fourth-order valence-corrected chi connectivity index (χ4v) is 6.54. The number of H-pyrrole nitrogens is 1. The number of ketones is 1. The first kappa shape index (κ1) is 21.3. The van der Waals surface area contributed by atoms with E-state index in [0.717, 1.165) is 47.3 Å². The van der Waals surface area contributed by atoms with Gasteiger partial charge in [-0.25, -0.2) is 8.42 Å². The molecule has 1 saturated heterocycles. The van der Waals surface area contributed by atoms with Crippen LogP contribution in [-0.2, 0) is 22.9 Å². The molecule has 4 rings (SSSR count). The highest BCUT2D eigenvalue weighted by molar-refractivity contribution is 7.89. The third kappa shape index (κ3) is 3.16. The van der Waals surface area contributed by atoms with Gasteiger partial charge >= 0.3 is 0 Å². The van der Waals surface area contributed by atoms with Crippen LogP contribution in [-0.4, -0.2) is 36.6 Å². The highest BCUT2D eigenvalue weighted by Gasteiger charge is 2.49. The number of aromatic amines is 1. The SMILES string of the molecule is Cc1[nH]c2c(c1Cc1ccccc1S(=O)(=O)N1CCCC1)C(=O)C(C)(C)C(C)(C)C2.[HH]. The minimum absolute atomic E-state index is 0. The van der Waals surface area contributed by atoms with Gasteiger partial charge in [0, 0.05) is 43.3 Å². The van der Waals surface area contributed by atoms with Gasteiger partial charge in [0.05, 0.1) is 4.90 Å². The van der Waals surface area contributed by atoms with E-state index < -0.39 is 15.4 Å². The predicted molar refractivity (Wildman–Crippen MR) is 120 cm³/mol. The van der Waals surface area contributed by atoms with Crippen LogP contribution < -0.4 is 0 Å². The summed E-state index contributed by atoms with van der Waals surface area (Å²) in [5, 5.41) is 0. The number of nitrogens with zero attached hydrogens (tertiary/aromatic N) is 1. The highest BCUT2D eigenvalue weighted by atomic mass is 32.2. The maximum atomic E-state index is 13.5. The number of Topliss-reactive ketones (excluding diaryl/α,β-unsaturated/α-hetero) is 1. The summed E-state index contributed by atoms with van der Waals surface area (Å²) in [6, 6.07) is 7.24. The molecule has 30 heavy (non-hydrogen) atoms. The molecule has 6 heteroatoms. The maximum Gasteiger partial charge on any atom is 0.243 e. The quantitative estimate of drug-likeness (QED) is 0.762. The Kier molecular flexibility index (Phi) is 5.02. The zero-order chi connectivity index (χ0) is 21.9. The molecule has 0 saturated carbocycles. The Morgan fingerprint density at radius 2 is 1.73 bits per heavy atom. The Bertz CT molecular complexity index is 1110. The fourth-order valence-electron chi connectivity index (χ4n) is 4.80. The van der Waals surface area contributed by atoms with E-state index in [9.17, 15) is 13.2 Å². The number of hydrogen-bond acceptors (Lipinski definition) is 3. The summed E-state index contributed by atoms with van der Waals surface area (Å²) in [5.41, 5.74) is 3.76. The molecule has 2 aromatic rings. The molecule has 1 aliphatic heterocycles. The summed E-state index contributed by atoms with van der Waals surface area (Å²) in [4.78, 5) is 17.3. The summed E-state index contributed by atoms with van der Waals surface area (Å²) >= 11 is 0. The van der Waals surface area contributed by atoms with Gasteiger partial charge < -0.3 is 4.98 Å². The highest BCUT2D eigenvalue weighted by Crippen LogP contribution is 2.49. The van der Waals surface area contributed by atoms with E-state index >= 15 is 0 Å². The lowest BCUT2D eigenvalue weighted by atomic mass is 9.58. The molecule has 1 fully saturated rings. The van der Waals surface area contributed by atoms with Gasteiger partial charge in [0.15, 0.2) is 5.78 Å². The van der Waals surface area contributed by atoms with Gasteiger partial charge in [-0.15, -0.1) is 0 Å². The Balaban J connectivity index is 0.00000272. The lowest BCUT2D eigenvalue weighted by molar-refractivity contribution is 0.0528. The minimum Gasteiger partial charge on any atom is -0.362 e. The Labute approximate surface area is 181 Å². The summed E-state index contributed by atoms with van der Waals surface area (Å²) in [6.07, 6.45) is 3.05. The van der Waals surface area contributed by atoms with E-state index in [-0.39, 0.29) is 12.6 Å². The monoisotopic (exact) mass is 430 g/mol. The first-order valence-electron chi connectivity index (χ1n) is 10.8. The number of carbonyl (C=O) groups excluding carboxylic acids is 1. The molecule has 0 bridgehead atoms. The zero-order valence-electron chi connectivity index (χ0n) is 18.6. The largest absolute Gasteiger partial charge is 0.362 e. The average molecular weight is 431 g/mol. The molecular weight excluding hydrogens is 396 g/mol. The van der Waals surface area contributed by atoms with Crippen molar-refractivity contribution in [3.05, 3.63) is 52.3 Å². The Hall–Kier alpha value is -1.92. The third-order valence-corrected chi connectivity index (χ3v) is 9.52. The zero-order valence-corrected chi connectivity index (χ0v) is 19.4. The van der Waals surface area contributed by atoms with E-state index in [1.807, 2.05) is 32.9 Å². The van der Waals surface area contributed by atoms with Crippen molar-refractivity contribution in [2.45, 2.75) is 65.2 Å². The number of fused-ring (bicyclic) bond motifs is 1. The summed E-state index contributed by atoms with van der Waals surface area (Å²) in [5.74, 6) is 0.146. The van der Waals surface area contributed by atoms with Gasteiger partial charge in [0.25, 0.3) is 0 Å². The van der Waals surface area contributed by atoms with Crippen LogP contribution in [0.15, 0.2) is 29.2 Å². The number of carbonyl (C=O) groups is 1. The topological polar surface area (TPSA) is 70.2 Å². The van der Waals surface area contributed by atoms with Crippen molar-refractivity contribution in [2.24, 2.45) is 10.8 Å². The number of hydrogen-bond donors (Lipinski definition) is 1. The summed E-state index contributed by atoms with van der Waals surface area (Å²) in [6.45, 7) is 11.5. The molecule has 1 aromatic heterocycles. The van der Waals surface area contributed by atoms with Crippen molar-refractivity contribution < 1.29 is 14.6 Å². The lowest BCUT2D eigenvalue weighted by Crippen LogP contribution is -2.45. The van der Waals surface area contributed by atoms with Gasteiger partial charge in [-0.3, -0.25) is 4.79 Å². The molecule has 0 amide bonds. The van der Waals surface area contributed by atoms with Gasteiger partial charge in [-0.05, 0) is 48.8 Å². The Morgan fingerprint density at radius 1 is 1.10 bits per heavy atom. The number of sulfonamides is 1. The molecule has 0 atom stereocenters. The van der Waals surface area contributed by atoms with Crippen LogP contribution in [0.1, 0.15) is 74.8 Å². The lowest BCUT2D eigenvalue weighted by Gasteiger charge is -2.44. The van der Waals surface area contributed by atoms with Crippen LogP contribution in [0.2, 0.25) is 0 Å². The molecular formula is C24H34N2O3S. The van der Waals surface area contributed by atoms with E-state index in [0.29, 0.717) is 24.4 Å². The molecule has 1 aliphatic carbocycles. The van der Waals surface area contributed by atoms with Crippen LogP contribution >= 0.6 is 0 Å². The second kappa shape index (κ2) is 7.06. The molecule has 1 N–H and O–H groups in total. The second-order valence-corrected chi connectivity index (χ2v) is 11.9. The van der Waals surface area contributed by atoms with Crippen LogP contribution in [0.25, 0.3) is 0 Å². The molecule has 0 spiro atoms. The number of benzene rings is 1. The maximum absolute atomic E-state index is 13.5. The van der Waals surface area contributed by atoms with Crippen molar-refractivity contribution in [3.8, 4) is 0 Å². The predicted octanol–water partition coefficient (Wildman–Crippen LogP) is 4.74. The molecule has 5 nitrogen and oxygen atoms in total. The van der Waals surface area contributed by atoms with Crippen molar-refractivity contribution in [2.75, 3.05) is 13.1 Å². The molecule has 2 aliphatic rings. The van der Waals surface area contributed by atoms with Crippen molar-refractivity contribution in [3.63, 3.8) is 0 Å². The van der Waals surface area contributed by atoms with E-state index in [1.54, 1.807) is 16.4 Å². The van der Waals surface area contributed by atoms with Gasteiger partial charge in [-0.1, -0.05) is 45.9 Å². The second-order valence-electron chi connectivity index (χ2n) is 9.99.